The average molecular weight is 675 g/mol. The third-order valence-corrected chi connectivity index (χ3v) is 11.3. The molecule has 6 heteroatoms. The fourth-order valence-electron chi connectivity index (χ4n) is 6.86. The van der Waals surface area contributed by atoms with Gasteiger partial charge in [-0.15, -0.1) is 22.7 Å². The predicted molar refractivity (Wildman–Crippen MR) is 211 cm³/mol. The Labute approximate surface area is 296 Å². The zero-order chi connectivity index (χ0) is 33.0. The highest BCUT2D eigenvalue weighted by Crippen LogP contribution is 2.44. The lowest BCUT2D eigenvalue weighted by atomic mass is 9.90. The fourth-order valence-corrected chi connectivity index (χ4v) is 8.90. The normalized spacial score (nSPS) is 11.6. The molecule has 0 fully saturated rings. The molecule has 10 rings (SSSR count). The smallest absolute Gasteiger partial charge is 0.143 e. The highest BCUT2D eigenvalue weighted by Gasteiger charge is 2.23. The highest BCUT2D eigenvalue weighted by atomic mass is 32.1. The van der Waals surface area contributed by atoms with E-state index in [1.54, 1.807) is 22.7 Å². The lowest BCUT2D eigenvalue weighted by molar-refractivity contribution is 1.31. The maximum atomic E-state index is 5.45. The number of rotatable bonds is 5. The van der Waals surface area contributed by atoms with Gasteiger partial charge in [0.05, 0.1) is 22.8 Å². The Morgan fingerprint density at radius 2 is 0.660 bits per heavy atom. The van der Waals surface area contributed by atoms with Gasteiger partial charge in [-0.3, -0.25) is 0 Å². The molecule has 4 aromatic heterocycles. The summed E-state index contributed by atoms with van der Waals surface area (Å²) in [6.45, 7) is 0. The summed E-state index contributed by atoms with van der Waals surface area (Å²) in [6, 6.07) is 54.8. The number of hydrogen-bond donors (Lipinski definition) is 0. The highest BCUT2D eigenvalue weighted by molar-refractivity contribution is 7.25. The standard InChI is InChI=1S/C44H26N4S2/c1-3-15-27(16-4-1)37-39(45-41-33-23-11-13-25-35(33)49-43(41)47-37)31-21-9-7-19-29(31)30-20-8-10-22-32(30)40-38(28-17-5-2-6-18-28)48-44-42(46-40)34-24-12-14-26-36(34)50-44/h1-26H. The largest absolute Gasteiger partial charge is 0.242 e. The van der Waals surface area contributed by atoms with E-state index in [9.17, 15) is 0 Å². The third kappa shape index (κ3) is 4.72. The van der Waals surface area contributed by atoms with E-state index >= 15 is 0 Å². The summed E-state index contributed by atoms with van der Waals surface area (Å²) in [7, 11) is 0. The van der Waals surface area contributed by atoms with E-state index in [4.69, 9.17) is 19.9 Å². The molecule has 0 saturated heterocycles. The molecule has 4 nitrogen and oxygen atoms in total. The third-order valence-electron chi connectivity index (χ3n) is 9.17. The van der Waals surface area contributed by atoms with Gasteiger partial charge in [-0.05, 0) is 23.3 Å². The van der Waals surface area contributed by atoms with Crippen molar-refractivity contribution in [1.29, 1.82) is 0 Å². The second-order valence-electron chi connectivity index (χ2n) is 12.2. The SMILES string of the molecule is c1ccc(-c2nc3sc4ccccc4c3nc2-c2ccccc2-c2ccccc2-c2nc3c(nc2-c2ccccc2)sc2ccccc23)cc1. The minimum Gasteiger partial charge on any atom is -0.242 e. The van der Waals surface area contributed by atoms with Crippen LogP contribution in [0.15, 0.2) is 158 Å². The van der Waals surface area contributed by atoms with E-state index in [-0.39, 0.29) is 0 Å². The zero-order valence-corrected chi connectivity index (χ0v) is 28.2. The van der Waals surface area contributed by atoms with Crippen molar-refractivity contribution in [3.8, 4) is 56.2 Å². The summed E-state index contributed by atoms with van der Waals surface area (Å²) in [4.78, 5) is 23.4. The monoisotopic (exact) mass is 674 g/mol. The predicted octanol–water partition coefficient (Wildman–Crippen LogP) is 12.3. The Morgan fingerprint density at radius 1 is 0.300 bits per heavy atom. The van der Waals surface area contributed by atoms with Crippen LogP contribution in [0, 0.1) is 0 Å². The summed E-state index contributed by atoms with van der Waals surface area (Å²) in [5.74, 6) is 0. The van der Waals surface area contributed by atoms with Gasteiger partial charge in [-0.25, -0.2) is 19.9 Å². The molecule has 0 radical (unpaired) electrons. The van der Waals surface area contributed by atoms with Crippen LogP contribution in [0.2, 0.25) is 0 Å². The van der Waals surface area contributed by atoms with Crippen molar-refractivity contribution in [3.63, 3.8) is 0 Å². The van der Waals surface area contributed by atoms with E-state index in [1.807, 2.05) is 12.1 Å². The van der Waals surface area contributed by atoms with Crippen molar-refractivity contribution >= 4 is 63.5 Å². The first-order valence-electron chi connectivity index (χ1n) is 16.5. The van der Waals surface area contributed by atoms with Crippen LogP contribution >= 0.6 is 22.7 Å². The van der Waals surface area contributed by atoms with Gasteiger partial charge in [0.2, 0.25) is 0 Å². The van der Waals surface area contributed by atoms with Gasteiger partial charge in [-0.1, -0.05) is 146 Å². The van der Waals surface area contributed by atoms with Gasteiger partial charge in [-0.2, -0.15) is 0 Å². The van der Waals surface area contributed by atoms with Crippen molar-refractivity contribution in [2.45, 2.75) is 0 Å². The van der Waals surface area contributed by atoms with Crippen molar-refractivity contribution in [2.24, 2.45) is 0 Å². The molecule has 0 N–H and O–H groups in total. The van der Waals surface area contributed by atoms with Crippen LogP contribution in [0.5, 0.6) is 0 Å². The molecule has 234 valence electrons. The van der Waals surface area contributed by atoms with Crippen LogP contribution in [0.25, 0.3) is 97.0 Å². The summed E-state index contributed by atoms with van der Waals surface area (Å²) < 4.78 is 2.36. The van der Waals surface area contributed by atoms with Crippen LogP contribution in [0.1, 0.15) is 0 Å². The fraction of sp³-hybridized carbons (Fsp3) is 0. The van der Waals surface area contributed by atoms with Gasteiger partial charge in [0.25, 0.3) is 0 Å². The van der Waals surface area contributed by atoms with E-state index in [0.717, 1.165) is 87.6 Å². The summed E-state index contributed by atoms with van der Waals surface area (Å²) in [5.41, 5.74) is 11.5. The summed E-state index contributed by atoms with van der Waals surface area (Å²) >= 11 is 3.38. The number of thiophene rings is 2. The van der Waals surface area contributed by atoms with Crippen molar-refractivity contribution in [2.75, 3.05) is 0 Å². The minimum atomic E-state index is 0.853. The number of fused-ring (bicyclic) bond motifs is 6. The molecule has 4 heterocycles. The molecule has 0 aliphatic heterocycles. The molecule has 0 saturated carbocycles. The number of nitrogens with zero attached hydrogens (tertiary/aromatic N) is 4. The van der Waals surface area contributed by atoms with E-state index in [2.05, 4.69) is 146 Å². The van der Waals surface area contributed by atoms with Gasteiger partial charge in [0.1, 0.15) is 20.7 Å². The molecule has 0 bridgehead atoms. The summed E-state index contributed by atoms with van der Waals surface area (Å²) in [5, 5.41) is 2.25. The maximum absolute atomic E-state index is 5.45. The molecule has 0 atom stereocenters. The summed E-state index contributed by atoms with van der Waals surface area (Å²) in [6.07, 6.45) is 0. The first-order valence-corrected chi connectivity index (χ1v) is 18.1. The Morgan fingerprint density at radius 3 is 1.10 bits per heavy atom. The Bertz CT molecular complexity index is 2680. The lowest BCUT2D eigenvalue weighted by Crippen LogP contribution is -1.98. The molecule has 0 spiro atoms. The molecule has 0 aliphatic rings. The number of benzene rings is 6. The van der Waals surface area contributed by atoms with Crippen LogP contribution < -0.4 is 0 Å². The maximum Gasteiger partial charge on any atom is 0.143 e. The quantitative estimate of drug-likeness (QED) is 0.182. The molecular weight excluding hydrogens is 649 g/mol. The Kier molecular flexibility index (Phi) is 6.82. The van der Waals surface area contributed by atoms with Crippen molar-refractivity contribution in [3.05, 3.63) is 158 Å². The molecule has 0 aliphatic carbocycles. The molecule has 50 heavy (non-hydrogen) atoms. The van der Waals surface area contributed by atoms with E-state index < -0.39 is 0 Å². The Balaban J connectivity index is 1.25. The van der Waals surface area contributed by atoms with Crippen molar-refractivity contribution < 1.29 is 0 Å². The van der Waals surface area contributed by atoms with Gasteiger partial charge in [0.15, 0.2) is 0 Å². The minimum absolute atomic E-state index is 0.853. The van der Waals surface area contributed by atoms with Gasteiger partial charge < -0.3 is 0 Å². The van der Waals surface area contributed by atoms with Crippen LogP contribution in [-0.4, -0.2) is 19.9 Å². The molecule has 10 aromatic rings. The first kappa shape index (κ1) is 28.9. The molecular formula is C44H26N4S2. The number of aromatic nitrogens is 4. The number of hydrogen-bond acceptors (Lipinski definition) is 6. The second-order valence-corrected chi connectivity index (χ2v) is 14.2. The first-order chi connectivity index (χ1) is 24.8. The molecule has 6 aromatic carbocycles. The van der Waals surface area contributed by atoms with Gasteiger partial charge >= 0.3 is 0 Å². The van der Waals surface area contributed by atoms with Crippen LogP contribution in [-0.2, 0) is 0 Å². The van der Waals surface area contributed by atoms with Crippen LogP contribution in [0.4, 0.5) is 0 Å². The van der Waals surface area contributed by atoms with Gasteiger partial charge in [0, 0.05) is 42.4 Å². The zero-order valence-electron chi connectivity index (χ0n) is 26.6. The lowest BCUT2D eigenvalue weighted by Gasteiger charge is -2.17. The van der Waals surface area contributed by atoms with Crippen molar-refractivity contribution in [1.82, 2.24) is 19.9 Å². The average Bonchev–Trinajstić information content (AvgIpc) is 3.75. The molecule has 0 amide bonds. The second kappa shape index (κ2) is 11.8. The van der Waals surface area contributed by atoms with Crippen LogP contribution in [0.3, 0.4) is 0 Å². The topological polar surface area (TPSA) is 51.6 Å². The Hall–Kier alpha value is -6.08. The van der Waals surface area contributed by atoms with E-state index in [0.29, 0.717) is 0 Å². The van der Waals surface area contributed by atoms with E-state index in [1.165, 1.54) is 9.40 Å². The molecule has 0 unspecified atom stereocenters.